The van der Waals surface area contributed by atoms with Crippen LogP contribution in [0, 0.1) is 13.8 Å². The molecule has 0 radical (unpaired) electrons. The number of ether oxygens (including phenoxy) is 1. The number of rotatable bonds is 8. The number of benzene rings is 2. The lowest BCUT2D eigenvalue weighted by atomic mass is 10.1. The van der Waals surface area contributed by atoms with Crippen molar-refractivity contribution in [3.63, 3.8) is 0 Å². The summed E-state index contributed by atoms with van der Waals surface area (Å²) in [6.45, 7) is 4.29. The first-order valence-corrected chi connectivity index (χ1v) is 11.2. The van der Waals surface area contributed by atoms with Crippen molar-refractivity contribution in [2.75, 3.05) is 27.2 Å². The van der Waals surface area contributed by atoms with E-state index in [1.165, 1.54) is 42.7 Å². The first-order valence-electron chi connectivity index (χ1n) is 8.27. The molecule has 0 aliphatic heterocycles. The van der Waals surface area contributed by atoms with Crippen molar-refractivity contribution in [1.82, 2.24) is 9.03 Å². The summed E-state index contributed by atoms with van der Waals surface area (Å²) in [4.78, 5) is 0.0243. The van der Waals surface area contributed by atoms with Gasteiger partial charge in [-0.3, -0.25) is 0 Å². The number of hydrogen-bond donors (Lipinski definition) is 1. The lowest BCUT2D eigenvalue weighted by molar-refractivity contribution is 0.286. The zero-order chi connectivity index (χ0) is 20.2. The van der Waals surface area contributed by atoms with Gasteiger partial charge in [0, 0.05) is 13.6 Å². The van der Waals surface area contributed by atoms with Crippen molar-refractivity contribution in [3.05, 3.63) is 53.6 Å². The van der Waals surface area contributed by atoms with Crippen LogP contribution in [0.2, 0.25) is 0 Å². The molecular formula is C18H24N2O5S2. The Morgan fingerprint density at radius 2 is 1.44 bits per heavy atom. The average Bonchev–Trinajstić information content (AvgIpc) is 2.61. The van der Waals surface area contributed by atoms with Crippen molar-refractivity contribution in [1.29, 1.82) is 0 Å². The highest BCUT2D eigenvalue weighted by Gasteiger charge is 2.21. The molecule has 0 saturated carbocycles. The van der Waals surface area contributed by atoms with Crippen LogP contribution in [0.15, 0.2) is 52.3 Å². The largest absolute Gasteiger partial charge is 0.492 e. The molecule has 0 aliphatic carbocycles. The topological polar surface area (TPSA) is 92.8 Å². The Kier molecular flexibility index (Phi) is 6.63. The fourth-order valence-electron chi connectivity index (χ4n) is 2.52. The third-order valence-corrected chi connectivity index (χ3v) is 7.28. The minimum absolute atomic E-state index is 0.00440. The van der Waals surface area contributed by atoms with Crippen molar-refractivity contribution < 1.29 is 21.6 Å². The van der Waals surface area contributed by atoms with Gasteiger partial charge in [0.1, 0.15) is 12.4 Å². The third kappa shape index (κ3) is 5.29. The Morgan fingerprint density at radius 1 is 0.926 bits per heavy atom. The molecule has 2 aromatic rings. The van der Waals surface area contributed by atoms with Crippen LogP contribution < -0.4 is 9.46 Å². The minimum Gasteiger partial charge on any atom is -0.492 e. The molecule has 0 unspecified atom stereocenters. The van der Waals surface area contributed by atoms with Crippen molar-refractivity contribution >= 4 is 20.0 Å². The van der Waals surface area contributed by atoms with Crippen LogP contribution in [0.3, 0.4) is 0 Å². The third-order valence-electron chi connectivity index (χ3n) is 3.98. The van der Waals surface area contributed by atoms with Crippen LogP contribution in [0.25, 0.3) is 0 Å². The number of nitrogens with one attached hydrogen (secondary N) is 1. The lowest BCUT2D eigenvalue weighted by Gasteiger charge is -2.18. The van der Waals surface area contributed by atoms with Gasteiger partial charge in [0.25, 0.3) is 0 Å². The van der Waals surface area contributed by atoms with Gasteiger partial charge in [0.2, 0.25) is 20.0 Å². The van der Waals surface area contributed by atoms with Crippen LogP contribution in [-0.2, 0) is 20.0 Å². The molecule has 148 valence electrons. The molecule has 27 heavy (non-hydrogen) atoms. The molecule has 0 amide bonds. The first-order chi connectivity index (χ1) is 12.6. The predicted octanol–water partition coefficient (Wildman–Crippen LogP) is 1.91. The summed E-state index contributed by atoms with van der Waals surface area (Å²) in [5, 5.41) is 0. The van der Waals surface area contributed by atoms with E-state index < -0.39 is 20.0 Å². The molecular weight excluding hydrogens is 388 g/mol. The van der Waals surface area contributed by atoms with Crippen LogP contribution in [0.5, 0.6) is 5.75 Å². The standard InChI is InChI=1S/C18H24N2O5S2/c1-14-11-15(2)13-16(12-14)25-10-9-20(4)27(23,24)18-7-5-17(6-8-18)26(21,22)19-3/h5-8,11-13,19H,9-10H2,1-4H3. The second-order valence-corrected chi connectivity index (χ2v) is 10.1. The molecule has 0 saturated heterocycles. The molecule has 9 heteroatoms. The van der Waals surface area contributed by atoms with E-state index in [-0.39, 0.29) is 22.9 Å². The van der Waals surface area contributed by atoms with E-state index in [0.717, 1.165) is 11.1 Å². The first kappa shape index (κ1) is 21.4. The van der Waals surface area contributed by atoms with Gasteiger partial charge in [-0.15, -0.1) is 0 Å². The molecule has 0 spiro atoms. The van der Waals surface area contributed by atoms with Crippen LogP contribution in [0.1, 0.15) is 11.1 Å². The summed E-state index contributed by atoms with van der Waals surface area (Å²) < 4.78 is 57.7. The Balaban J connectivity index is 2.05. The van der Waals surface area contributed by atoms with Crippen molar-refractivity contribution in [2.45, 2.75) is 23.6 Å². The molecule has 0 heterocycles. The number of nitrogens with zero attached hydrogens (tertiary/aromatic N) is 1. The van der Waals surface area contributed by atoms with Crippen molar-refractivity contribution in [2.24, 2.45) is 0 Å². The van der Waals surface area contributed by atoms with Crippen LogP contribution in [0.4, 0.5) is 0 Å². The minimum atomic E-state index is -3.74. The quantitative estimate of drug-likeness (QED) is 0.715. The zero-order valence-corrected chi connectivity index (χ0v) is 17.4. The van der Waals surface area contributed by atoms with E-state index in [0.29, 0.717) is 5.75 Å². The molecule has 0 aromatic heterocycles. The molecule has 0 aliphatic rings. The maximum Gasteiger partial charge on any atom is 0.242 e. The van der Waals surface area contributed by atoms with Gasteiger partial charge in [0.05, 0.1) is 9.79 Å². The summed E-state index contributed by atoms with van der Waals surface area (Å²) in [5.41, 5.74) is 2.14. The molecule has 0 bridgehead atoms. The molecule has 7 nitrogen and oxygen atoms in total. The number of likely N-dealkylation sites (N-methyl/N-ethyl adjacent to an activating group) is 1. The van der Waals surface area contributed by atoms with E-state index in [9.17, 15) is 16.8 Å². The highest BCUT2D eigenvalue weighted by atomic mass is 32.2. The molecule has 0 atom stereocenters. The summed E-state index contributed by atoms with van der Waals surface area (Å²) >= 11 is 0. The smallest absolute Gasteiger partial charge is 0.242 e. The van der Waals surface area contributed by atoms with Gasteiger partial charge in [-0.2, -0.15) is 4.31 Å². The second kappa shape index (κ2) is 8.39. The summed E-state index contributed by atoms with van der Waals surface area (Å²) in [7, 11) is -4.60. The monoisotopic (exact) mass is 412 g/mol. The van der Waals surface area contributed by atoms with Gasteiger partial charge in [0.15, 0.2) is 0 Å². The molecule has 1 N–H and O–H groups in total. The maximum atomic E-state index is 12.6. The number of sulfonamides is 2. The van der Waals surface area contributed by atoms with Crippen molar-refractivity contribution in [3.8, 4) is 5.75 Å². The van der Waals surface area contributed by atoms with E-state index in [2.05, 4.69) is 4.72 Å². The molecule has 0 fully saturated rings. The maximum absolute atomic E-state index is 12.6. The number of aryl methyl sites for hydroxylation is 2. The SMILES string of the molecule is CNS(=O)(=O)c1ccc(S(=O)(=O)N(C)CCOc2cc(C)cc(C)c2)cc1. The normalized spacial score (nSPS) is 12.3. The van der Waals surface area contributed by atoms with Crippen LogP contribution in [-0.4, -0.2) is 48.4 Å². The van der Waals surface area contributed by atoms with Gasteiger partial charge in [-0.1, -0.05) is 6.07 Å². The van der Waals surface area contributed by atoms with E-state index >= 15 is 0 Å². The molecule has 2 rings (SSSR count). The number of hydrogen-bond acceptors (Lipinski definition) is 5. The van der Waals surface area contributed by atoms with Gasteiger partial charge in [-0.05, 0) is 68.4 Å². The average molecular weight is 413 g/mol. The summed E-state index contributed by atoms with van der Waals surface area (Å²) in [6.07, 6.45) is 0. The van der Waals surface area contributed by atoms with E-state index in [1.54, 1.807) is 0 Å². The Morgan fingerprint density at radius 3 is 1.96 bits per heavy atom. The second-order valence-electron chi connectivity index (χ2n) is 6.18. The van der Waals surface area contributed by atoms with Gasteiger partial charge in [-0.25, -0.2) is 21.6 Å². The zero-order valence-electron chi connectivity index (χ0n) is 15.8. The van der Waals surface area contributed by atoms with E-state index in [1.807, 2.05) is 32.0 Å². The summed E-state index contributed by atoms with van der Waals surface area (Å²) in [5.74, 6) is 0.694. The fourth-order valence-corrected chi connectivity index (χ4v) is 4.40. The Bertz CT molecular complexity index is 980. The summed E-state index contributed by atoms with van der Waals surface area (Å²) in [6, 6.07) is 10.9. The lowest BCUT2D eigenvalue weighted by Crippen LogP contribution is -2.31. The fraction of sp³-hybridized carbons (Fsp3) is 0.333. The van der Waals surface area contributed by atoms with Gasteiger partial charge >= 0.3 is 0 Å². The van der Waals surface area contributed by atoms with Gasteiger partial charge < -0.3 is 4.74 Å². The Hall–Kier alpha value is -1.94. The highest BCUT2D eigenvalue weighted by Crippen LogP contribution is 2.19. The highest BCUT2D eigenvalue weighted by molar-refractivity contribution is 7.89. The predicted molar refractivity (Wildman–Crippen MR) is 104 cm³/mol. The Labute approximate surface area is 161 Å². The van der Waals surface area contributed by atoms with E-state index in [4.69, 9.17) is 4.74 Å². The molecule has 2 aromatic carbocycles. The van der Waals surface area contributed by atoms with Crippen LogP contribution >= 0.6 is 0 Å².